The Morgan fingerprint density at radius 2 is 1.71 bits per heavy atom. The van der Waals surface area contributed by atoms with Crippen LogP contribution in [0, 0.1) is 18.8 Å². The highest BCUT2D eigenvalue weighted by Crippen LogP contribution is 2.43. The number of aryl methyl sites for hydroxylation is 1. The van der Waals surface area contributed by atoms with Gasteiger partial charge in [0.1, 0.15) is 5.56 Å². The van der Waals surface area contributed by atoms with E-state index in [0.29, 0.717) is 29.5 Å². The maximum Gasteiger partial charge on any atom is 0.264 e. The fourth-order valence-corrected chi connectivity index (χ4v) is 5.60. The predicted octanol–water partition coefficient (Wildman–Crippen LogP) is 2.59. The standard InChI is InChI=1S/C23H27N3O2/c1-14-10-11-26(15(2)16-6-4-3-5-7-16)23(28)21(14)22(27)25-12-17-18(13-25)20-9-8-19(17)24-20/h3-7,10-11,15,17-20,24H,8-9,12-13H2,1-2H3/t15?,17-,18+,19-,20+. The molecule has 3 aliphatic rings. The number of pyridine rings is 1. The molecule has 0 spiro atoms. The lowest BCUT2D eigenvalue weighted by Gasteiger charge is -2.22. The number of rotatable bonds is 3. The zero-order valence-corrected chi connectivity index (χ0v) is 16.5. The Balaban J connectivity index is 1.45. The number of nitrogens with zero attached hydrogens (tertiary/aromatic N) is 2. The second-order valence-electron chi connectivity index (χ2n) is 8.67. The summed E-state index contributed by atoms with van der Waals surface area (Å²) in [6.07, 6.45) is 4.26. The van der Waals surface area contributed by atoms with Crippen molar-refractivity contribution in [3.8, 4) is 0 Å². The number of amides is 1. The third kappa shape index (κ3) is 2.64. The molecule has 5 heteroatoms. The van der Waals surface area contributed by atoms with Crippen molar-refractivity contribution in [2.45, 2.75) is 44.8 Å². The Morgan fingerprint density at radius 1 is 1.07 bits per heavy atom. The van der Waals surface area contributed by atoms with Gasteiger partial charge in [-0.15, -0.1) is 0 Å². The lowest BCUT2D eigenvalue weighted by Crippen LogP contribution is -2.39. The minimum atomic E-state index is -0.181. The van der Waals surface area contributed by atoms with Crippen molar-refractivity contribution in [2.75, 3.05) is 13.1 Å². The van der Waals surface area contributed by atoms with Crippen LogP contribution in [0.4, 0.5) is 0 Å². The molecule has 1 unspecified atom stereocenters. The van der Waals surface area contributed by atoms with Crippen LogP contribution >= 0.6 is 0 Å². The molecule has 3 aliphatic heterocycles. The van der Waals surface area contributed by atoms with Gasteiger partial charge in [-0.05, 0) is 55.7 Å². The summed E-state index contributed by atoms with van der Waals surface area (Å²) in [6, 6.07) is 12.8. The Hall–Kier alpha value is -2.40. The fraction of sp³-hybridized carbons (Fsp3) is 0.478. The van der Waals surface area contributed by atoms with Gasteiger partial charge in [0.2, 0.25) is 0 Å². The van der Waals surface area contributed by atoms with E-state index in [1.54, 1.807) is 4.57 Å². The summed E-state index contributed by atoms with van der Waals surface area (Å²) in [6.45, 7) is 5.43. The Bertz CT molecular complexity index is 950. The van der Waals surface area contributed by atoms with E-state index >= 15 is 0 Å². The van der Waals surface area contributed by atoms with E-state index in [2.05, 4.69) is 5.32 Å². The van der Waals surface area contributed by atoms with Crippen LogP contribution in [0.1, 0.15) is 47.3 Å². The van der Waals surface area contributed by atoms with Crippen molar-refractivity contribution in [1.82, 2.24) is 14.8 Å². The molecule has 0 saturated carbocycles. The van der Waals surface area contributed by atoms with E-state index in [1.807, 2.05) is 61.3 Å². The minimum absolute atomic E-state index is 0.0917. The van der Waals surface area contributed by atoms with Gasteiger partial charge in [-0.2, -0.15) is 0 Å². The highest BCUT2D eigenvalue weighted by atomic mass is 16.2. The van der Waals surface area contributed by atoms with Gasteiger partial charge < -0.3 is 14.8 Å². The molecule has 0 radical (unpaired) electrons. The van der Waals surface area contributed by atoms with Crippen molar-refractivity contribution in [3.05, 3.63) is 69.6 Å². The summed E-state index contributed by atoms with van der Waals surface area (Å²) in [5.41, 5.74) is 1.99. The van der Waals surface area contributed by atoms with Crippen molar-refractivity contribution >= 4 is 5.91 Å². The predicted molar refractivity (Wildman–Crippen MR) is 109 cm³/mol. The number of likely N-dealkylation sites (tertiary alicyclic amines) is 1. The van der Waals surface area contributed by atoms with E-state index in [1.165, 1.54) is 12.8 Å². The Kier molecular flexibility index (Phi) is 4.16. The first-order valence-electron chi connectivity index (χ1n) is 10.4. The van der Waals surface area contributed by atoms with Gasteiger partial charge in [0.15, 0.2) is 0 Å². The number of aromatic nitrogens is 1. The van der Waals surface area contributed by atoms with E-state index in [0.717, 1.165) is 24.2 Å². The molecule has 146 valence electrons. The quantitative estimate of drug-likeness (QED) is 0.895. The van der Waals surface area contributed by atoms with Crippen LogP contribution in [-0.4, -0.2) is 40.5 Å². The van der Waals surface area contributed by atoms with Gasteiger partial charge in [-0.1, -0.05) is 30.3 Å². The van der Waals surface area contributed by atoms with E-state index in [-0.39, 0.29) is 17.5 Å². The molecule has 1 amide bonds. The van der Waals surface area contributed by atoms with Crippen molar-refractivity contribution in [2.24, 2.45) is 11.8 Å². The third-order valence-electron chi connectivity index (χ3n) is 7.19. The Morgan fingerprint density at radius 3 is 2.36 bits per heavy atom. The van der Waals surface area contributed by atoms with Crippen molar-refractivity contribution in [3.63, 3.8) is 0 Å². The average Bonchev–Trinajstić information content (AvgIpc) is 3.41. The normalized spacial score (nSPS) is 29.1. The first kappa shape index (κ1) is 17.7. The molecule has 3 fully saturated rings. The SMILES string of the molecule is Cc1ccn(C(C)c2ccccc2)c(=O)c1C(=O)N1C[C@@H]2[C@H](C1)[C@@H]1CC[C@H]2N1. The molecule has 4 heterocycles. The van der Waals surface area contributed by atoms with Gasteiger partial charge in [0.25, 0.3) is 11.5 Å². The second-order valence-corrected chi connectivity index (χ2v) is 8.67. The average molecular weight is 377 g/mol. The maximum atomic E-state index is 13.4. The molecule has 1 N–H and O–H groups in total. The summed E-state index contributed by atoms with van der Waals surface area (Å²) in [7, 11) is 0. The Labute approximate surface area is 165 Å². The highest BCUT2D eigenvalue weighted by molar-refractivity contribution is 5.95. The van der Waals surface area contributed by atoms with E-state index in [9.17, 15) is 9.59 Å². The molecule has 28 heavy (non-hydrogen) atoms. The van der Waals surface area contributed by atoms with Gasteiger partial charge in [-0.3, -0.25) is 9.59 Å². The van der Waals surface area contributed by atoms with Crippen LogP contribution in [0.3, 0.4) is 0 Å². The molecule has 1 aromatic heterocycles. The van der Waals surface area contributed by atoms with Gasteiger partial charge in [-0.25, -0.2) is 0 Å². The number of hydrogen-bond acceptors (Lipinski definition) is 3. The zero-order valence-electron chi connectivity index (χ0n) is 16.5. The van der Waals surface area contributed by atoms with Crippen LogP contribution in [-0.2, 0) is 0 Å². The summed E-state index contributed by atoms with van der Waals surface area (Å²) < 4.78 is 1.69. The van der Waals surface area contributed by atoms with E-state index < -0.39 is 0 Å². The van der Waals surface area contributed by atoms with Gasteiger partial charge >= 0.3 is 0 Å². The first-order chi connectivity index (χ1) is 13.5. The van der Waals surface area contributed by atoms with Crippen LogP contribution in [0.15, 0.2) is 47.4 Å². The number of fused-ring (bicyclic) bond motifs is 5. The molecular weight excluding hydrogens is 350 g/mol. The number of benzene rings is 1. The topological polar surface area (TPSA) is 54.3 Å². The summed E-state index contributed by atoms with van der Waals surface area (Å²) >= 11 is 0. The van der Waals surface area contributed by atoms with Crippen LogP contribution < -0.4 is 10.9 Å². The van der Waals surface area contributed by atoms with Gasteiger partial charge in [0.05, 0.1) is 6.04 Å². The van der Waals surface area contributed by atoms with Gasteiger partial charge in [0, 0.05) is 31.4 Å². The zero-order chi connectivity index (χ0) is 19.4. The molecular formula is C23H27N3O2. The van der Waals surface area contributed by atoms with Crippen LogP contribution in [0.2, 0.25) is 0 Å². The number of hydrogen-bond donors (Lipinski definition) is 1. The molecule has 3 saturated heterocycles. The fourth-order valence-electron chi connectivity index (χ4n) is 5.60. The highest BCUT2D eigenvalue weighted by Gasteiger charge is 2.52. The van der Waals surface area contributed by atoms with Crippen LogP contribution in [0.5, 0.6) is 0 Å². The smallest absolute Gasteiger partial charge is 0.264 e. The minimum Gasteiger partial charge on any atom is -0.338 e. The third-order valence-corrected chi connectivity index (χ3v) is 7.19. The number of carbonyl (C=O) groups excluding carboxylic acids is 1. The van der Waals surface area contributed by atoms with Crippen molar-refractivity contribution in [1.29, 1.82) is 0 Å². The first-order valence-corrected chi connectivity index (χ1v) is 10.4. The molecule has 1 aromatic carbocycles. The second kappa shape index (κ2) is 6.59. The molecule has 5 nitrogen and oxygen atoms in total. The van der Waals surface area contributed by atoms with E-state index in [4.69, 9.17) is 0 Å². The lowest BCUT2D eigenvalue weighted by molar-refractivity contribution is 0.0775. The number of carbonyl (C=O) groups is 1. The number of nitrogens with one attached hydrogen (secondary N) is 1. The van der Waals surface area contributed by atoms with Crippen LogP contribution in [0.25, 0.3) is 0 Å². The monoisotopic (exact) mass is 377 g/mol. The maximum absolute atomic E-state index is 13.4. The molecule has 5 rings (SSSR count). The molecule has 5 atom stereocenters. The molecule has 0 aliphatic carbocycles. The van der Waals surface area contributed by atoms with Crippen molar-refractivity contribution < 1.29 is 4.79 Å². The molecule has 2 aromatic rings. The molecule has 2 bridgehead atoms. The largest absolute Gasteiger partial charge is 0.338 e. The summed E-state index contributed by atoms with van der Waals surface area (Å²) in [5.74, 6) is 1.01. The summed E-state index contributed by atoms with van der Waals surface area (Å²) in [5, 5.41) is 3.69. The summed E-state index contributed by atoms with van der Waals surface area (Å²) in [4.78, 5) is 28.6. The lowest BCUT2D eigenvalue weighted by atomic mass is 9.82.